The molecule has 1 fully saturated rings. The van der Waals surface area contributed by atoms with E-state index in [1.54, 1.807) is 0 Å². The van der Waals surface area contributed by atoms with Crippen LogP contribution in [0.5, 0.6) is 0 Å². The lowest BCUT2D eigenvalue weighted by molar-refractivity contribution is -0.133. The highest BCUT2D eigenvalue weighted by atomic mass is 35.5. The van der Waals surface area contributed by atoms with Crippen LogP contribution in [0.25, 0.3) is 0 Å². The number of carbonyl (C=O) groups excluding carboxylic acids is 1. The Balaban J connectivity index is 0.00000441. The number of nitrogens with zero attached hydrogens (tertiary/aromatic N) is 1. The normalized spacial score (nSPS) is 16.4. The third-order valence-electron chi connectivity index (χ3n) is 3.75. The SMILES string of the molecule is CCCN(C(=O)CCS(=O)(=O)CC(C)C)C1CCNCC1.Cl. The summed E-state index contributed by atoms with van der Waals surface area (Å²) < 4.78 is 23.8. The van der Waals surface area contributed by atoms with E-state index in [4.69, 9.17) is 0 Å². The first-order valence-electron chi connectivity index (χ1n) is 8.06. The number of piperidine rings is 1. The fourth-order valence-electron chi connectivity index (χ4n) is 2.85. The van der Waals surface area contributed by atoms with Gasteiger partial charge in [-0.2, -0.15) is 0 Å². The van der Waals surface area contributed by atoms with Crippen LogP contribution in [0, 0.1) is 5.92 Å². The lowest BCUT2D eigenvalue weighted by Crippen LogP contribution is -2.46. The van der Waals surface area contributed by atoms with Crippen LogP contribution in [0.1, 0.15) is 46.5 Å². The van der Waals surface area contributed by atoms with Gasteiger partial charge in [-0.1, -0.05) is 20.8 Å². The largest absolute Gasteiger partial charge is 0.340 e. The number of sulfone groups is 1. The maximum absolute atomic E-state index is 12.4. The van der Waals surface area contributed by atoms with Crippen molar-refractivity contribution in [1.82, 2.24) is 10.2 Å². The number of hydrogen-bond donors (Lipinski definition) is 1. The van der Waals surface area contributed by atoms with Crippen molar-refractivity contribution in [2.24, 2.45) is 5.92 Å². The molecule has 1 heterocycles. The molecule has 0 aromatic heterocycles. The molecular weight excluding hydrogens is 324 g/mol. The van der Waals surface area contributed by atoms with Gasteiger partial charge in [0, 0.05) is 19.0 Å². The Morgan fingerprint density at radius 1 is 1.27 bits per heavy atom. The van der Waals surface area contributed by atoms with E-state index in [0.717, 1.165) is 38.9 Å². The summed E-state index contributed by atoms with van der Waals surface area (Å²) in [6.07, 6.45) is 2.96. The molecule has 0 saturated carbocycles. The van der Waals surface area contributed by atoms with E-state index in [1.165, 1.54) is 0 Å². The average Bonchev–Trinajstić information content (AvgIpc) is 2.42. The summed E-state index contributed by atoms with van der Waals surface area (Å²) in [7, 11) is -3.11. The van der Waals surface area contributed by atoms with Crippen LogP contribution in [0.3, 0.4) is 0 Å². The lowest BCUT2D eigenvalue weighted by Gasteiger charge is -2.34. The highest BCUT2D eigenvalue weighted by Gasteiger charge is 2.25. The minimum atomic E-state index is -3.11. The van der Waals surface area contributed by atoms with E-state index in [2.05, 4.69) is 12.2 Å². The van der Waals surface area contributed by atoms with Crippen LogP contribution in [0.2, 0.25) is 0 Å². The Hall–Kier alpha value is -0.330. The van der Waals surface area contributed by atoms with Crippen molar-refractivity contribution in [2.45, 2.75) is 52.5 Å². The molecule has 0 atom stereocenters. The molecule has 1 rings (SSSR count). The minimum Gasteiger partial charge on any atom is -0.340 e. The van der Waals surface area contributed by atoms with Crippen molar-refractivity contribution in [3.63, 3.8) is 0 Å². The van der Waals surface area contributed by atoms with Gasteiger partial charge >= 0.3 is 0 Å². The van der Waals surface area contributed by atoms with E-state index in [1.807, 2.05) is 18.7 Å². The van der Waals surface area contributed by atoms with Crippen molar-refractivity contribution in [3.05, 3.63) is 0 Å². The van der Waals surface area contributed by atoms with Gasteiger partial charge in [0.05, 0.1) is 11.5 Å². The predicted molar refractivity (Wildman–Crippen MR) is 93.3 cm³/mol. The van der Waals surface area contributed by atoms with Crippen LogP contribution in [-0.2, 0) is 14.6 Å². The van der Waals surface area contributed by atoms with Crippen molar-refractivity contribution < 1.29 is 13.2 Å². The maximum Gasteiger partial charge on any atom is 0.223 e. The lowest BCUT2D eigenvalue weighted by atomic mass is 10.0. The highest BCUT2D eigenvalue weighted by Crippen LogP contribution is 2.14. The van der Waals surface area contributed by atoms with Crippen molar-refractivity contribution >= 4 is 28.2 Å². The Morgan fingerprint density at radius 2 is 1.86 bits per heavy atom. The third-order valence-corrected chi connectivity index (χ3v) is 5.75. The van der Waals surface area contributed by atoms with Gasteiger partial charge in [0.1, 0.15) is 0 Å². The zero-order valence-corrected chi connectivity index (χ0v) is 15.6. The average molecular weight is 355 g/mol. The molecule has 0 aromatic carbocycles. The first-order valence-corrected chi connectivity index (χ1v) is 9.88. The zero-order chi connectivity index (χ0) is 15.9. The van der Waals surface area contributed by atoms with Gasteiger partial charge in [0.25, 0.3) is 0 Å². The van der Waals surface area contributed by atoms with Crippen LogP contribution in [-0.4, -0.2) is 56.4 Å². The van der Waals surface area contributed by atoms with E-state index in [-0.39, 0.29) is 48.2 Å². The topological polar surface area (TPSA) is 66.5 Å². The zero-order valence-electron chi connectivity index (χ0n) is 14.0. The molecule has 1 aliphatic heterocycles. The molecule has 1 N–H and O–H groups in total. The summed E-state index contributed by atoms with van der Waals surface area (Å²) in [5, 5.41) is 3.29. The van der Waals surface area contributed by atoms with Crippen molar-refractivity contribution in [1.29, 1.82) is 0 Å². The number of nitrogens with one attached hydrogen (secondary N) is 1. The molecule has 0 aliphatic carbocycles. The molecular formula is C15H31ClN2O3S. The standard InChI is InChI=1S/C15H30N2O3S.ClH/c1-4-10-17(14-5-8-16-9-6-14)15(18)7-11-21(19,20)12-13(2)3;/h13-14,16H,4-12H2,1-3H3;1H. The number of halogens is 1. The Kier molecular flexibility index (Phi) is 10.3. The summed E-state index contributed by atoms with van der Waals surface area (Å²) in [5.41, 5.74) is 0. The van der Waals surface area contributed by atoms with Gasteiger partial charge in [-0.05, 0) is 38.3 Å². The fourth-order valence-corrected chi connectivity index (χ4v) is 4.52. The van der Waals surface area contributed by atoms with E-state index in [9.17, 15) is 13.2 Å². The highest BCUT2D eigenvalue weighted by molar-refractivity contribution is 7.91. The van der Waals surface area contributed by atoms with Gasteiger partial charge in [-0.3, -0.25) is 4.79 Å². The van der Waals surface area contributed by atoms with E-state index >= 15 is 0 Å². The number of hydrogen-bond acceptors (Lipinski definition) is 4. The monoisotopic (exact) mass is 354 g/mol. The maximum atomic E-state index is 12.4. The van der Waals surface area contributed by atoms with Gasteiger partial charge in [0.15, 0.2) is 9.84 Å². The molecule has 132 valence electrons. The summed E-state index contributed by atoms with van der Waals surface area (Å²) in [6.45, 7) is 8.42. The minimum absolute atomic E-state index is 0. The summed E-state index contributed by atoms with van der Waals surface area (Å²) in [5.74, 6) is 0.258. The molecule has 22 heavy (non-hydrogen) atoms. The molecule has 0 aromatic rings. The molecule has 1 amide bonds. The summed E-state index contributed by atoms with van der Waals surface area (Å²) in [6, 6.07) is 0.270. The van der Waals surface area contributed by atoms with E-state index < -0.39 is 9.84 Å². The molecule has 0 spiro atoms. The molecule has 0 radical (unpaired) electrons. The second-order valence-corrected chi connectivity index (χ2v) is 8.56. The smallest absolute Gasteiger partial charge is 0.223 e. The number of carbonyl (C=O) groups is 1. The van der Waals surface area contributed by atoms with Crippen LogP contribution in [0.4, 0.5) is 0 Å². The Labute approximate surface area is 141 Å². The molecule has 5 nitrogen and oxygen atoms in total. The fraction of sp³-hybridized carbons (Fsp3) is 0.933. The first-order chi connectivity index (χ1) is 9.85. The van der Waals surface area contributed by atoms with Crippen molar-refractivity contribution in [2.75, 3.05) is 31.1 Å². The molecule has 0 unspecified atom stereocenters. The van der Waals surface area contributed by atoms with Gasteiger partial charge in [0.2, 0.25) is 5.91 Å². The van der Waals surface area contributed by atoms with Gasteiger partial charge in [-0.25, -0.2) is 8.42 Å². The third kappa shape index (κ3) is 7.79. The Morgan fingerprint density at radius 3 is 2.36 bits per heavy atom. The molecule has 1 saturated heterocycles. The van der Waals surface area contributed by atoms with E-state index in [0.29, 0.717) is 0 Å². The number of amides is 1. The summed E-state index contributed by atoms with van der Waals surface area (Å²) in [4.78, 5) is 14.3. The quantitative estimate of drug-likeness (QED) is 0.722. The molecule has 0 bridgehead atoms. The Bertz CT molecular complexity index is 421. The van der Waals surface area contributed by atoms with Crippen LogP contribution < -0.4 is 5.32 Å². The van der Waals surface area contributed by atoms with Gasteiger partial charge in [-0.15, -0.1) is 12.4 Å². The second kappa shape index (κ2) is 10.4. The van der Waals surface area contributed by atoms with Crippen molar-refractivity contribution in [3.8, 4) is 0 Å². The number of rotatable bonds is 8. The first kappa shape index (κ1) is 21.7. The van der Waals surface area contributed by atoms with Crippen LogP contribution >= 0.6 is 12.4 Å². The second-order valence-electron chi connectivity index (χ2n) is 6.33. The molecule has 7 heteroatoms. The molecule has 1 aliphatic rings. The van der Waals surface area contributed by atoms with Crippen LogP contribution in [0.15, 0.2) is 0 Å². The van der Waals surface area contributed by atoms with Gasteiger partial charge < -0.3 is 10.2 Å². The summed E-state index contributed by atoms with van der Waals surface area (Å²) >= 11 is 0. The predicted octanol–water partition coefficient (Wildman–Crippen LogP) is 1.86.